The molecule has 4 aromatic carbocycles. The van der Waals surface area contributed by atoms with Crippen molar-refractivity contribution in [2.75, 3.05) is 0 Å². The molecule has 1 radical (unpaired) electrons. The molecule has 127 valence electrons. The van der Waals surface area contributed by atoms with Crippen LogP contribution in [0.2, 0.25) is 0 Å². The summed E-state index contributed by atoms with van der Waals surface area (Å²) in [4.78, 5) is 25.1. The van der Waals surface area contributed by atoms with Gasteiger partial charge >= 0.3 is 11.9 Å². The smallest absolute Gasteiger partial charge is 0.346 e. The van der Waals surface area contributed by atoms with Crippen LogP contribution in [0.1, 0.15) is 20.7 Å². The number of hydrogen-bond donors (Lipinski definition) is 0. The van der Waals surface area contributed by atoms with Crippen LogP contribution in [0.3, 0.4) is 0 Å². The van der Waals surface area contributed by atoms with Crippen LogP contribution in [0.15, 0.2) is 84.9 Å². The van der Waals surface area contributed by atoms with Crippen LogP contribution in [0.4, 0.5) is 0 Å². The Morgan fingerprint density at radius 1 is 0.538 bits per heavy atom. The van der Waals surface area contributed by atoms with Gasteiger partial charge in [-0.3, -0.25) is 0 Å². The van der Waals surface area contributed by atoms with Gasteiger partial charge in [0.2, 0.25) is 0 Å². The molecule has 0 fully saturated rings. The Kier molecular flexibility index (Phi) is 5.17. The summed E-state index contributed by atoms with van der Waals surface area (Å²) in [6.07, 6.45) is 0. The van der Waals surface area contributed by atoms with E-state index < -0.39 is 11.9 Å². The van der Waals surface area contributed by atoms with Gasteiger partial charge in [0, 0.05) is 17.1 Å². The topological polar surface area (TPSA) is 43.4 Å². The minimum Gasteiger partial charge on any atom is -0.386 e. The van der Waals surface area contributed by atoms with Crippen molar-refractivity contribution in [1.82, 2.24) is 0 Å². The Bertz CT molecular complexity index is 1020. The van der Waals surface area contributed by atoms with Crippen molar-refractivity contribution in [1.29, 1.82) is 0 Å². The molecular formula is C22H14MnO3. The van der Waals surface area contributed by atoms with E-state index >= 15 is 0 Å². The van der Waals surface area contributed by atoms with Gasteiger partial charge in [-0.25, -0.2) is 9.59 Å². The maximum Gasteiger partial charge on any atom is 0.346 e. The van der Waals surface area contributed by atoms with Crippen LogP contribution in [-0.4, -0.2) is 11.9 Å². The van der Waals surface area contributed by atoms with E-state index in [1.165, 1.54) is 0 Å². The van der Waals surface area contributed by atoms with Crippen LogP contribution < -0.4 is 0 Å². The fraction of sp³-hybridized carbons (Fsp3) is 0. The molecule has 0 aromatic heterocycles. The molecule has 0 amide bonds. The Balaban J connectivity index is 0.00000196. The first kappa shape index (κ1) is 17.9. The minimum atomic E-state index is -0.644. The van der Waals surface area contributed by atoms with Gasteiger partial charge in [0.15, 0.2) is 0 Å². The monoisotopic (exact) mass is 381 g/mol. The fourth-order valence-electron chi connectivity index (χ4n) is 3.00. The molecule has 0 saturated heterocycles. The molecule has 4 rings (SSSR count). The predicted molar refractivity (Wildman–Crippen MR) is 97.6 cm³/mol. The largest absolute Gasteiger partial charge is 0.386 e. The van der Waals surface area contributed by atoms with Crippen LogP contribution in [-0.2, 0) is 21.8 Å². The number of fused-ring (bicyclic) bond motifs is 2. The molecule has 0 unspecified atom stereocenters. The van der Waals surface area contributed by atoms with Crippen molar-refractivity contribution in [3.05, 3.63) is 96.1 Å². The first-order valence-electron chi connectivity index (χ1n) is 7.96. The van der Waals surface area contributed by atoms with Crippen LogP contribution in [0.5, 0.6) is 0 Å². The van der Waals surface area contributed by atoms with Gasteiger partial charge in [-0.2, -0.15) is 0 Å². The van der Waals surface area contributed by atoms with Gasteiger partial charge < -0.3 is 4.74 Å². The third kappa shape index (κ3) is 3.25. The third-order valence-electron chi connectivity index (χ3n) is 4.20. The summed E-state index contributed by atoms with van der Waals surface area (Å²) in [5, 5.41) is 3.38. The van der Waals surface area contributed by atoms with Crippen LogP contribution in [0, 0.1) is 0 Å². The number of ether oxygens (including phenoxy) is 1. The molecule has 0 bridgehead atoms. The molecule has 0 aliphatic heterocycles. The predicted octanol–water partition coefficient (Wildman–Crippen LogP) is 4.99. The zero-order valence-electron chi connectivity index (χ0n) is 13.7. The second kappa shape index (κ2) is 7.52. The number of rotatable bonds is 2. The summed E-state index contributed by atoms with van der Waals surface area (Å²) < 4.78 is 5.16. The van der Waals surface area contributed by atoms with Gasteiger partial charge in [-0.1, -0.05) is 72.8 Å². The van der Waals surface area contributed by atoms with Crippen molar-refractivity contribution in [2.24, 2.45) is 0 Å². The van der Waals surface area contributed by atoms with Crippen molar-refractivity contribution >= 4 is 33.5 Å². The van der Waals surface area contributed by atoms with Crippen molar-refractivity contribution in [2.45, 2.75) is 0 Å². The third-order valence-corrected chi connectivity index (χ3v) is 4.20. The normalized spacial score (nSPS) is 10.3. The molecule has 0 saturated carbocycles. The molecule has 4 aromatic rings. The molecule has 4 heteroatoms. The Hall–Kier alpha value is -2.94. The summed E-state index contributed by atoms with van der Waals surface area (Å²) >= 11 is 0. The molecule has 0 N–H and O–H groups in total. The van der Waals surface area contributed by atoms with Crippen molar-refractivity contribution < 1.29 is 31.4 Å². The van der Waals surface area contributed by atoms with Gasteiger partial charge in [-0.05, 0) is 33.7 Å². The van der Waals surface area contributed by atoms with E-state index in [9.17, 15) is 9.59 Å². The first-order chi connectivity index (χ1) is 12.2. The Labute approximate surface area is 161 Å². The summed E-state index contributed by atoms with van der Waals surface area (Å²) in [5.74, 6) is -1.29. The molecule has 0 heterocycles. The van der Waals surface area contributed by atoms with Gasteiger partial charge in [0.05, 0.1) is 11.1 Å². The second-order valence-corrected chi connectivity index (χ2v) is 5.73. The van der Waals surface area contributed by atoms with Crippen LogP contribution >= 0.6 is 0 Å². The van der Waals surface area contributed by atoms with Crippen molar-refractivity contribution in [3.8, 4) is 0 Å². The average molecular weight is 381 g/mol. The summed E-state index contributed by atoms with van der Waals surface area (Å²) in [6, 6.07) is 25.7. The summed E-state index contributed by atoms with van der Waals surface area (Å²) in [6.45, 7) is 0. The fourth-order valence-corrected chi connectivity index (χ4v) is 3.00. The van der Waals surface area contributed by atoms with E-state index in [2.05, 4.69) is 0 Å². The standard InChI is InChI=1S/C22H14O3.Mn/c23-21(19-13-5-9-15-7-1-3-11-17(15)19)25-22(24)20-14-6-10-16-8-2-4-12-18(16)20;/h1-14H;. The zero-order chi connectivity index (χ0) is 17.2. The molecule has 3 nitrogen and oxygen atoms in total. The Morgan fingerprint density at radius 3 is 1.38 bits per heavy atom. The van der Waals surface area contributed by atoms with E-state index in [-0.39, 0.29) is 17.1 Å². The summed E-state index contributed by atoms with van der Waals surface area (Å²) in [5.41, 5.74) is 0.762. The van der Waals surface area contributed by atoms with E-state index in [0.717, 1.165) is 21.5 Å². The molecule has 0 aliphatic carbocycles. The number of carbonyl (C=O) groups excluding carboxylic acids is 2. The van der Waals surface area contributed by atoms with Gasteiger partial charge in [0.1, 0.15) is 0 Å². The number of hydrogen-bond acceptors (Lipinski definition) is 3. The molecule has 0 atom stereocenters. The maximum atomic E-state index is 12.5. The minimum absolute atomic E-state index is 0. The average Bonchev–Trinajstić information content (AvgIpc) is 2.67. The van der Waals surface area contributed by atoms with E-state index in [0.29, 0.717) is 11.1 Å². The van der Waals surface area contributed by atoms with Gasteiger partial charge in [0.25, 0.3) is 0 Å². The quantitative estimate of drug-likeness (QED) is 0.279. The van der Waals surface area contributed by atoms with Crippen LogP contribution in [0.25, 0.3) is 21.5 Å². The molecular weight excluding hydrogens is 367 g/mol. The molecule has 0 spiro atoms. The number of carbonyl (C=O) groups is 2. The number of benzene rings is 4. The molecule has 26 heavy (non-hydrogen) atoms. The Morgan fingerprint density at radius 2 is 0.923 bits per heavy atom. The summed E-state index contributed by atoms with van der Waals surface area (Å²) in [7, 11) is 0. The van der Waals surface area contributed by atoms with Crippen molar-refractivity contribution in [3.63, 3.8) is 0 Å². The number of esters is 2. The second-order valence-electron chi connectivity index (χ2n) is 5.73. The van der Waals surface area contributed by atoms with E-state index in [1.54, 1.807) is 24.3 Å². The first-order valence-corrected chi connectivity index (χ1v) is 7.96. The zero-order valence-corrected chi connectivity index (χ0v) is 14.9. The maximum absolute atomic E-state index is 12.5. The van der Waals surface area contributed by atoms with Gasteiger partial charge in [-0.15, -0.1) is 0 Å². The molecule has 0 aliphatic rings. The van der Waals surface area contributed by atoms with E-state index in [4.69, 9.17) is 4.74 Å². The SMILES string of the molecule is O=C(OC(=O)c1cccc2ccccc12)c1cccc2ccccc12.[Mn]. The van der Waals surface area contributed by atoms with E-state index in [1.807, 2.05) is 60.7 Å².